The van der Waals surface area contributed by atoms with Crippen LogP contribution in [-0.2, 0) is 0 Å². The normalized spacial score (nSPS) is 12.2. The molecule has 2 heteroatoms. The van der Waals surface area contributed by atoms with Crippen molar-refractivity contribution in [2.24, 2.45) is 0 Å². The summed E-state index contributed by atoms with van der Waals surface area (Å²) in [6.07, 6.45) is 3.03. The summed E-state index contributed by atoms with van der Waals surface area (Å²) >= 11 is 0. The minimum atomic E-state index is 0.162. The van der Waals surface area contributed by atoms with Gasteiger partial charge >= 0.3 is 0 Å². The molecule has 0 saturated heterocycles. The molecule has 1 atom stereocenters. The Morgan fingerprint density at radius 2 is 2.25 bits per heavy atom. The maximum absolute atomic E-state index is 5.38. The van der Waals surface area contributed by atoms with E-state index in [1.54, 1.807) is 7.11 Å². The monoisotopic (exact) mass is 219 g/mol. The molecule has 0 saturated carbocycles. The number of methoxy groups -OCH3 is 1. The maximum Gasteiger partial charge on any atom is 0.123 e. The maximum atomic E-state index is 5.38. The highest BCUT2D eigenvalue weighted by Crippen LogP contribution is 2.26. The van der Waals surface area contributed by atoms with Crippen LogP contribution in [0.3, 0.4) is 0 Å². The van der Waals surface area contributed by atoms with Gasteiger partial charge in [-0.1, -0.05) is 30.7 Å². The van der Waals surface area contributed by atoms with Crippen molar-refractivity contribution in [1.82, 2.24) is 5.32 Å². The van der Waals surface area contributed by atoms with Gasteiger partial charge in [-0.15, -0.1) is 6.58 Å². The molecule has 1 N–H and O–H groups in total. The standard InChI is InChI=1S/C14H21NO/c1-5-9-15-13(6-2)12-10-11(3)7-8-14(12)16-4/h6-8,10,13,15H,2,5,9H2,1,3-4H3. The summed E-state index contributed by atoms with van der Waals surface area (Å²) in [5, 5.41) is 3.44. The van der Waals surface area contributed by atoms with Crippen LogP contribution < -0.4 is 10.1 Å². The number of hydrogen-bond acceptors (Lipinski definition) is 2. The number of benzene rings is 1. The smallest absolute Gasteiger partial charge is 0.123 e. The molecule has 1 aromatic carbocycles. The highest BCUT2D eigenvalue weighted by atomic mass is 16.5. The molecule has 0 aliphatic carbocycles. The number of hydrogen-bond donors (Lipinski definition) is 1. The first kappa shape index (κ1) is 12.8. The molecule has 0 fully saturated rings. The predicted octanol–water partition coefficient (Wildman–Crippen LogP) is 3.23. The second kappa shape index (κ2) is 6.33. The fourth-order valence-corrected chi connectivity index (χ4v) is 1.72. The summed E-state index contributed by atoms with van der Waals surface area (Å²) < 4.78 is 5.38. The number of aryl methyl sites for hydroxylation is 1. The Balaban J connectivity index is 2.97. The van der Waals surface area contributed by atoms with Gasteiger partial charge < -0.3 is 10.1 Å². The predicted molar refractivity (Wildman–Crippen MR) is 69.0 cm³/mol. The fourth-order valence-electron chi connectivity index (χ4n) is 1.72. The van der Waals surface area contributed by atoms with Crippen molar-refractivity contribution in [3.05, 3.63) is 42.0 Å². The van der Waals surface area contributed by atoms with Gasteiger partial charge in [-0.05, 0) is 26.0 Å². The van der Waals surface area contributed by atoms with Gasteiger partial charge in [0.05, 0.1) is 13.2 Å². The van der Waals surface area contributed by atoms with E-state index in [1.807, 2.05) is 12.1 Å². The zero-order chi connectivity index (χ0) is 12.0. The van der Waals surface area contributed by atoms with Crippen molar-refractivity contribution in [2.75, 3.05) is 13.7 Å². The first-order valence-electron chi connectivity index (χ1n) is 5.73. The molecule has 1 aromatic rings. The van der Waals surface area contributed by atoms with Crippen LogP contribution in [0.5, 0.6) is 5.75 Å². The topological polar surface area (TPSA) is 21.3 Å². The lowest BCUT2D eigenvalue weighted by Crippen LogP contribution is -2.20. The van der Waals surface area contributed by atoms with Gasteiger partial charge in [0.2, 0.25) is 0 Å². The molecule has 0 spiro atoms. The van der Waals surface area contributed by atoms with Gasteiger partial charge in [0.15, 0.2) is 0 Å². The molecule has 2 nitrogen and oxygen atoms in total. The minimum absolute atomic E-state index is 0.162. The van der Waals surface area contributed by atoms with E-state index in [0.29, 0.717) is 0 Å². The summed E-state index contributed by atoms with van der Waals surface area (Å²) in [6.45, 7) is 9.10. The van der Waals surface area contributed by atoms with E-state index in [0.717, 1.165) is 24.3 Å². The molecular weight excluding hydrogens is 198 g/mol. The van der Waals surface area contributed by atoms with E-state index in [4.69, 9.17) is 4.74 Å². The van der Waals surface area contributed by atoms with E-state index in [2.05, 4.69) is 37.9 Å². The molecule has 0 aliphatic rings. The second-order valence-electron chi connectivity index (χ2n) is 3.91. The Hall–Kier alpha value is -1.28. The quantitative estimate of drug-likeness (QED) is 0.742. The molecule has 0 aromatic heterocycles. The number of ether oxygens (including phenoxy) is 1. The van der Waals surface area contributed by atoms with Crippen molar-refractivity contribution < 1.29 is 4.74 Å². The van der Waals surface area contributed by atoms with Crippen LogP contribution in [0.25, 0.3) is 0 Å². The van der Waals surface area contributed by atoms with Crippen LogP contribution in [0.2, 0.25) is 0 Å². The van der Waals surface area contributed by atoms with Crippen molar-refractivity contribution in [2.45, 2.75) is 26.3 Å². The van der Waals surface area contributed by atoms with Gasteiger partial charge in [0.1, 0.15) is 5.75 Å². The zero-order valence-corrected chi connectivity index (χ0v) is 10.4. The first-order chi connectivity index (χ1) is 7.72. The van der Waals surface area contributed by atoms with Gasteiger partial charge in [0, 0.05) is 5.56 Å². The van der Waals surface area contributed by atoms with E-state index >= 15 is 0 Å². The van der Waals surface area contributed by atoms with Crippen molar-refractivity contribution >= 4 is 0 Å². The fraction of sp³-hybridized carbons (Fsp3) is 0.429. The van der Waals surface area contributed by atoms with E-state index in [1.165, 1.54) is 5.56 Å². The zero-order valence-electron chi connectivity index (χ0n) is 10.4. The first-order valence-corrected chi connectivity index (χ1v) is 5.73. The van der Waals surface area contributed by atoms with Crippen LogP contribution in [0, 0.1) is 6.92 Å². The lowest BCUT2D eigenvalue weighted by atomic mass is 10.0. The number of rotatable bonds is 6. The van der Waals surface area contributed by atoms with Crippen LogP contribution in [0.15, 0.2) is 30.9 Å². The third-order valence-electron chi connectivity index (χ3n) is 2.57. The van der Waals surface area contributed by atoms with Crippen molar-refractivity contribution in [1.29, 1.82) is 0 Å². The number of nitrogens with one attached hydrogen (secondary N) is 1. The van der Waals surface area contributed by atoms with Crippen LogP contribution >= 0.6 is 0 Å². The van der Waals surface area contributed by atoms with E-state index < -0.39 is 0 Å². The Labute approximate surface area is 98.3 Å². The lowest BCUT2D eigenvalue weighted by molar-refractivity contribution is 0.404. The van der Waals surface area contributed by atoms with Gasteiger partial charge in [0.25, 0.3) is 0 Å². The van der Waals surface area contributed by atoms with Crippen LogP contribution in [-0.4, -0.2) is 13.7 Å². The third-order valence-corrected chi connectivity index (χ3v) is 2.57. The molecule has 1 rings (SSSR count). The van der Waals surface area contributed by atoms with Crippen molar-refractivity contribution in [3.8, 4) is 5.75 Å². The highest BCUT2D eigenvalue weighted by molar-refractivity contribution is 5.40. The molecule has 0 radical (unpaired) electrons. The van der Waals surface area contributed by atoms with E-state index in [9.17, 15) is 0 Å². The minimum Gasteiger partial charge on any atom is -0.496 e. The average Bonchev–Trinajstić information content (AvgIpc) is 2.30. The Morgan fingerprint density at radius 1 is 1.50 bits per heavy atom. The van der Waals surface area contributed by atoms with Gasteiger partial charge in [-0.3, -0.25) is 0 Å². The van der Waals surface area contributed by atoms with Gasteiger partial charge in [-0.25, -0.2) is 0 Å². The SMILES string of the molecule is C=CC(NCCC)c1cc(C)ccc1OC. The average molecular weight is 219 g/mol. The highest BCUT2D eigenvalue weighted by Gasteiger charge is 2.11. The molecule has 16 heavy (non-hydrogen) atoms. The van der Waals surface area contributed by atoms with Gasteiger partial charge in [-0.2, -0.15) is 0 Å². The Bertz CT molecular complexity index is 347. The summed E-state index contributed by atoms with van der Waals surface area (Å²) in [5.41, 5.74) is 2.40. The van der Waals surface area contributed by atoms with Crippen molar-refractivity contribution in [3.63, 3.8) is 0 Å². The van der Waals surface area contributed by atoms with Crippen LogP contribution in [0.1, 0.15) is 30.5 Å². The van der Waals surface area contributed by atoms with E-state index in [-0.39, 0.29) is 6.04 Å². The largest absolute Gasteiger partial charge is 0.496 e. The Kier molecular flexibility index (Phi) is 5.06. The molecule has 0 bridgehead atoms. The lowest BCUT2D eigenvalue weighted by Gasteiger charge is -2.18. The molecule has 0 aliphatic heterocycles. The summed E-state index contributed by atoms with van der Waals surface area (Å²) in [4.78, 5) is 0. The Morgan fingerprint density at radius 3 is 2.81 bits per heavy atom. The molecule has 0 amide bonds. The molecule has 0 heterocycles. The molecule has 1 unspecified atom stereocenters. The molecule has 88 valence electrons. The van der Waals surface area contributed by atoms with Crippen LogP contribution in [0.4, 0.5) is 0 Å². The molecular formula is C14H21NO. The summed E-state index contributed by atoms with van der Waals surface area (Å²) in [6, 6.07) is 6.38. The summed E-state index contributed by atoms with van der Waals surface area (Å²) in [7, 11) is 1.70. The summed E-state index contributed by atoms with van der Waals surface area (Å²) in [5.74, 6) is 0.916. The third kappa shape index (κ3) is 3.11. The second-order valence-corrected chi connectivity index (χ2v) is 3.91.